The minimum Gasteiger partial charge on any atom is -0.495 e. The first kappa shape index (κ1) is 12.9. The molecule has 0 amide bonds. The van der Waals surface area contributed by atoms with Crippen LogP contribution in [0.1, 0.15) is 5.69 Å². The van der Waals surface area contributed by atoms with E-state index in [0.717, 1.165) is 23.5 Å². The van der Waals surface area contributed by atoms with Gasteiger partial charge in [-0.3, -0.25) is 4.68 Å². The highest BCUT2D eigenvalue weighted by atomic mass is 35.5. The van der Waals surface area contributed by atoms with Crippen molar-refractivity contribution in [2.45, 2.75) is 6.54 Å². The number of rotatable bonds is 4. The molecule has 2 rings (SSSR count). The number of hydrogen-bond acceptors (Lipinski definition) is 3. The zero-order valence-electron chi connectivity index (χ0n) is 10.7. The van der Waals surface area contributed by atoms with Crippen LogP contribution in [0.3, 0.4) is 0 Å². The van der Waals surface area contributed by atoms with Crippen LogP contribution in [0.5, 0.6) is 5.75 Å². The van der Waals surface area contributed by atoms with E-state index in [1.165, 1.54) is 0 Å². The van der Waals surface area contributed by atoms with Crippen LogP contribution in [0, 0.1) is 0 Å². The zero-order chi connectivity index (χ0) is 13.1. The SMILES string of the molecule is CNCc1cc(-c2ccc(OC)c(Cl)c2)n(C)n1. The Bertz CT molecular complexity index is 551. The highest BCUT2D eigenvalue weighted by Gasteiger charge is 2.09. The predicted molar refractivity (Wildman–Crippen MR) is 73.0 cm³/mol. The van der Waals surface area contributed by atoms with Crippen molar-refractivity contribution in [3.63, 3.8) is 0 Å². The normalized spacial score (nSPS) is 10.7. The average Bonchev–Trinajstić information content (AvgIpc) is 2.71. The number of nitrogens with zero attached hydrogens (tertiary/aromatic N) is 2. The van der Waals surface area contributed by atoms with Crippen LogP contribution in [0.2, 0.25) is 5.02 Å². The van der Waals surface area contributed by atoms with Crippen molar-refractivity contribution in [2.24, 2.45) is 7.05 Å². The molecule has 18 heavy (non-hydrogen) atoms. The summed E-state index contributed by atoms with van der Waals surface area (Å²) in [4.78, 5) is 0. The number of aromatic nitrogens is 2. The molecule has 1 aromatic carbocycles. The van der Waals surface area contributed by atoms with E-state index >= 15 is 0 Å². The number of aryl methyl sites for hydroxylation is 1. The van der Waals surface area contributed by atoms with Gasteiger partial charge in [-0.2, -0.15) is 5.10 Å². The highest BCUT2D eigenvalue weighted by Crippen LogP contribution is 2.30. The molecular weight excluding hydrogens is 250 g/mol. The molecule has 0 fully saturated rings. The minimum absolute atomic E-state index is 0.603. The second kappa shape index (κ2) is 5.42. The quantitative estimate of drug-likeness (QED) is 0.923. The van der Waals surface area contributed by atoms with E-state index in [4.69, 9.17) is 16.3 Å². The summed E-state index contributed by atoms with van der Waals surface area (Å²) in [6.45, 7) is 0.748. The summed E-state index contributed by atoms with van der Waals surface area (Å²) in [7, 11) is 5.43. The monoisotopic (exact) mass is 265 g/mol. The molecule has 4 nitrogen and oxygen atoms in total. The van der Waals surface area contributed by atoms with Gasteiger partial charge in [0.2, 0.25) is 0 Å². The number of ether oxygens (including phenoxy) is 1. The number of methoxy groups -OCH3 is 1. The molecule has 0 saturated heterocycles. The summed E-state index contributed by atoms with van der Waals surface area (Å²) in [5.41, 5.74) is 3.06. The van der Waals surface area contributed by atoms with Gasteiger partial charge in [0, 0.05) is 19.2 Å². The maximum absolute atomic E-state index is 6.13. The third-order valence-corrected chi connectivity index (χ3v) is 3.03. The van der Waals surface area contributed by atoms with E-state index in [-0.39, 0.29) is 0 Å². The van der Waals surface area contributed by atoms with Crippen molar-refractivity contribution < 1.29 is 4.74 Å². The summed E-state index contributed by atoms with van der Waals surface area (Å²) in [5.74, 6) is 0.679. The van der Waals surface area contributed by atoms with Crippen LogP contribution in [-0.2, 0) is 13.6 Å². The van der Waals surface area contributed by atoms with E-state index in [1.807, 2.05) is 37.0 Å². The Labute approximate surface area is 112 Å². The first-order chi connectivity index (χ1) is 8.65. The van der Waals surface area contributed by atoms with E-state index in [1.54, 1.807) is 7.11 Å². The molecule has 0 aliphatic heterocycles. The lowest BCUT2D eigenvalue weighted by Gasteiger charge is -2.06. The largest absolute Gasteiger partial charge is 0.495 e. The van der Waals surface area contributed by atoms with Gasteiger partial charge < -0.3 is 10.1 Å². The Balaban J connectivity index is 2.39. The van der Waals surface area contributed by atoms with Crippen molar-refractivity contribution in [3.8, 4) is 17.0 Å². The van der Waals surface area contributed by atoms with Crippen molar-refractivity contribution in [3.05, 3.63) is 35.0 Å². The number of nitrogens with one attached hydrogen (secondary N) is 1. The number of benzene rings is 1. The van der Waals surface area contributed by atoms with E-state index in [9.17, 15) is 0 Å². The van der Waals surface area contributed by atoms with Crippen LogP contribution in [0.25, 0.3) is 11.3 Å². The van der Waals surface area contributed by atoms with Crippen molar-refractivity contribution in [2.75, 3.05) is 14.2 Å². The summed E-state index contributed by atoms with van der Waals surface area (Å²) in [5, 5.41) is 8.12. The molecule has 0 spiro atoms. The Hall–Kier alpha value is -1.52. The Morgan fingerprint density at radius 3 is 2.78 bits per heavy atom. The van der Waals surface area contributed by atoms with Crippen LogP contribution in [0.15, 0.2) is 24.3 Å². The van der Waals surface area contributed by atoms with Crippen LogP contribution >= 0.6 is 11.6 Å². The Morgan fingerprint density at radius 1 is 1.39 bits per heavy atom. The van der Waals surface area contributed by atoms with E-state index < -0.39 is 0 Å². The van der Waals surface area contributed by atoms with Gasteiger partial charge in [-0.15, -0.1) is 0 Å². The Morgan fingerprint density at radius 2 is 2.17 bits per heavy atom. The minimum atomic E-state index is 0.603. The average molecular weight is 266 g/mol. The lowest BCUT2D eigenvalue weighted by Crippen LogP contribution is -2.05. The molecule has 0 aliphatic rings. The summed E-state index contributed by atoms with van der Waals surface area (Å²) in [6, 6.07) is 7.78. The Kier molecular flexibility index (Phi) is 3.89. The molecule has 1 aromatic heterocycles. The fraction of sp³-hybridized carbons (Fsp3) is 0.308. The van der Waals surface area contributed by atoms with Crippen molar-refractivity contribution >= 4 is 11.6 Å². The third-order valence-electron chi connectivity index (χ3n) is 2.74. The molecule has 0 aliphatic carbocycles. The molecule has 0 unspecified atom stereocenters. The van der Waals surface area contributed by atoms with Crippen molar-refractivity contribution in [1.82, 2.24) is 15.1 Å². The summed E-state index contributed by atoms with van der Waals surface area (Å²) >= 11 is 6.13. The molecule has 2 aromatic rings. The molecule has 0 bridgehead atoms. The second-order valence-corrected chi connectivity index (χ2v) is 4.43. The molecule has 5 heteroatoms. The van der Waals surface area contributed by atoms with Gasteiger partial charge >= 0.3 is 0 Å². The smallest absolute Gasteiger partial charge is 0.137 e. The first-order valence-corrected chi connectivity index (χ1v) is 6.05. The molecule has 96 valence electrons. The molecule has 0 radical (unpaired) electrons. The van der Waals surface area contributed by atoms with Gasteiger partial charge in [0.15, 0.2) is 0 Å². The summed E-state index contributed by atoms with van der Waals surface area (Å²) in [6.07, 6.45) is 0. The van der Waals surface area contributed by atoms with Gasteiger partial charge in [-0.05, 0) is 31.3 Å². The second-order valence-electron chi connectivity index (χ2n) is 4.02. The fourth-order valence-corrected chi connectivity index (χ4v) is 2.15. The first-order valence-electron chi connectivity index (χ1n) is 5.67. The molecule has 1 heterocycles. The number of halogens is 1. The lowest BCUT2D eigenvalue weighted by molar-refractivity contribution is 0.415. The van der Waals surface area contributed by atoms with Gasteiger partial charge in [0.1, 0.15) is 5.75 Å². The maximum atomic E-state index is 6.13. The van der Waals surface area contributed by atoms with Crippen LogP contribution in [-0.4, -0.2) is 23.9 Å². The fourth-order valence-electron chi connectivity index (χ4n) is 1.89. The van der Waals surface area contributed by atoms with Gasteiger partial charge in [-0.1, -0.05) is 11.6 Å². The molecule has 0 atom stereocenters. The van der Waals surface area contributed by atoms with Gasteiger partial charge in [0.05, 0.1) is 23.5 Å². The lowest BCUT2D eigenvalue weighted by atomic mass is 10.1. The molecule has 0 saturated carbocycles. The van der Waals surface area contributed by atoms with Gasteiger partial charge in [0.25, 0.3) is 0 Å². The highest BCUT2D eigenvalue weighted by molar-refractivity contribution is 6.32. The van der Waals surface area contributed by atoms with Gasteiger partial charge in [-0.25, -0.2) is 0 Å². The van der Waals surface area contributed by atoms with Crippen LogP contribution in [0.4, 0.5) is 0 Å². The molecule has 1 N–H and O–H groups in total. The standard InChI is InChI=1S/C13H16ClN3O/c1-15-8-10-7-12(17(2)16-10)9-4-5-13(18-3)11(14)6-9/h4-7,15H,8H2,1-3H3. The van der Waals surface area contributed by atoms with E-state index in [2.05, 4.69) is 16.5 Å². The number of hydrogen-bond donors (Lipinski definition) is 1. The van der Waals surface area contributed by atoms with Crippen molar-refractivity contribution in [1.29, 1.82) is 0 Å². The molecular formula is C13H16ClN3O. The van der Waals surface area contributed by atoms with Crippen LogP contribution < -0.4 is 10.1 Å². The summed E-state index contributed by atoms with van der Waals surface area (Å²) < 4.78 is 7.00. The zero-order valence-corrected chi connectivity index (χ0v) is 11.5. The topological polar surface area (TPSA) is 39.1 Å². The van der Waals surface area contributed by atoms with E-state index in [0.29, 0.717) is 10.8 Å². The third kappa shape index (κ3) is 2.49. The maximum Gasteiger partial charge on any atom is 0.137 e. The predicted octanol–water partition coefficient (Wildman–Crippen LogP) is 2.47.